The van der Waals surface area contributed by atoms with Gasteiger partial charge in [0.25, 0.3) is 0 Å². The first kappa shape index (κ1) is 15.9. The minimum absolute atomic E-state index is 0. The van der Waals surface area contributed by atoms with Gasteiger partial charge in [0.1, 0.15) is 5.82 Å². The SMILES string of the molecule is CC(C)Cn1nccc1NC(=O)C(C)CN.Cl. The summed E-state index contributed by atoms with van der Waals surface area (Å²) in [4.78, 5) is 11.6. The normalized spacial score (nSPS) is 12.1. The number of aromatic nitrogens is 2. The third kappa shape index (κ3) is 4.75. The lowest BCUT2D eigenvalue weighted by Gasteiger charge is -2.13. The van der Waals surface area contributed by atoms with E-state index in [0.717, 1.165) is 12.4 Å². The van der Waals surface area contributed by atoms with Crippen LogP contribution in [-0.2, 0) is 11.3 Å². The molecular weight excluding hydrogens is 240 g/mol. The van der Waals surface area contributed by atoms with E-state index < -0.39 is 0 Å². The summed E-state index contributed by atoms with van der Waals surface area (Å²) >= 11 is 0. The molecule has 1 atom stereocenters. The van der Waals surface area contributed by atoms with E-state index in [1.165, 1.54) is 0 Å². The lowest BCUT2D eigenvalue weighted by molar-refractivity contribution is -0.119. The fraction of sp³-hybridized carbons (Fsp3) is 0.636. The molecule has 1 rings (SSSR count). The van der Waals surface area contributed by atoms with Gasteiger partial charge in [0.15, 0.2) is 0 Å². The summed E-state index contributed by atoms with van der Waals surface area (Å²) in [6.45, 7) is 7.16. The van der Waals surface area contributed by atoms with Crippen LogP contribution in [0.1, 0.15) is 20.8 Å². The Morgan fingerprint density at radius 3 is 2.71 bits per heavy atom. The van der Waals surface area contributed by atoms with Gasteiger partial charge in [-0.25, -0.2) is 4.68 Å². The molecule has 1 unspecified atom stereocenters. The molecule has 1 aromatic rings. The van der Waals surface area contributed by atoms with E-state index in [-0.39, 0.29) is 24.2 Å². The second kappa shape index (κ2) is 7.29. The molecular formula is C11H21ClN4O. The molecule has 0 aromatic carbocycles. The van der Waals surface area contributed by atoms with Crippen molar-refractivity contribution < 1.29 is 4.79 Å². The summed E-state index contributed by atoms with van der Waals surface area (Å²) in [6, 6.07) is 1.80. The molecule has 0 spiro atoms. The zero-order chi connectivity index (χ0) is 12.1. The van der Waals surface area contributed by atoms with Gasteiger partial charge in [-0.1, -0.05) is 20.8 Å². The minimum Gasteiger partial charge on any atom is -0.330 e. The number of nitrogens with zero attached hydrogens (tertiary/aromatic N) is 2. The van der Waals surface area contributed by atoms with Gasteiger partial charge in [-0.2, -0.15) is 5.10 Å². The van der Waals surface area contributed by atoms with E-state index in [4.69, 9.17) is 5.73 Å². The van der Waals surface area contributed by atoms with E-state index in [2.05, 4.69) is 24.3 Å². The third-order valence-corrected chi connectivity index (χ3v) is 2.31. The predicted molar refractivity (Wildman–Crippen MR) is 71.2 cm³/mol. The zero-order valence-electron chi connectivity index (χ0n) is 10.5. The smallest absolute Gasteiger partial charge is 0.229 e. The molecule has 1 amide bonds. The number of amides is 1. The van der Waals surface area contributed by atoms with Gasteiger partial charge in [-0.05, 0) is 5.92 Å². The maximum Gasteiger partial charge on any atom is 0.229 e. The first-order valence-corrected chi connectivity index (χ1v) is 5.57. The first-order valence-electron chi connectivity index (χ1n) is 5.57. The number of halogens is 1. The Hall–Kier alpha value is -1.07. The monoisotopic (exact) mass is 260 g/mol. The molecule has 0 saturated heterocycles. The summed E-state index contributed by atoms with van der Waals surface area (Å²) in [6.07, 6.45) is 1.69. The van der Waals surface area contributed by atoms with Crippen LogP contribution in [0.25, 0.3) is 0 Å². The molecule has 0 bridgehead atoms. The Labute approximate surface area is 108 Å². The Bertz CT molecular complexity index is 351. The number of anilines is 1. The molecule has 0 aliphatic heterocycles. The molecule has 98 valence electrons. The van der Waals surface area contributed by atoms with Crippen LogP contribution in [0.2, 0.25) is 0 Å². The van der Waals surface area contributed by atoms with Gasteiger partial charge in [0.2, 0.25) is 5.91 Å². The van der Waals surface area contributed by atoms with Gasteiger partial charge in [-0.3, -0.25) is 4.79 Å². The molecule has 1 aromatic heterocycles. The molecule has 0 saturated carbocycles. The summed E-state index contributed by atoms with van der Waals surface area (Å²) in [5, 5.41) is 6.99. The average Bonchev–Trinajstić information content (AvgIpc) is 2.63. The van der Waals surface area contributed by atoms with Crippen LogP contribution in [0.3, 0.4) is 0 Å². The minimum atomic E-state index is -0.178. The van der Waals surface area contributed by atoms with Crippen molar-refractivity contribution in [1.82, 2.24) is 9.78 Å². The van der Waals surface area contributed by atoms with Crippen molar-refractivity contribution in [3.05, 3.63) is 12.3 Å². The van der Waals surface area contributed by atoms with Crippen LogP contribution in [-0.4, -0.2) is 22.2 Å². The molecule has 0 fully saturated rings. The topological polar surface area (TPSA) is 72.9 Å². The van der Waals surface area contributed by atoms with Crippen LogP contribution in [0.5, 0.6) is 0 Å². The lowest BCUT2D eigenvalue weighted by Crippen LogP contribution is -2.28. The fourth-order valence-electron chi connectivity index (χ4n) is 1.29. The highest BCUT2D eigenvalue weighted by Gasteiger charge is 2.13. The Balaban J connectivity index is 0.00000256. The number of nitrogens with two attached hydrogens (primary N) is 1. The molecule has 6 heteroatoms. The van der Waals surface area contributed by atoms with Crippen LogP contribution in [0.15, 0.2) is 12.3 Å². The summed E-state index contributed by atoms with van der Waals surface area (Å²) in [5.74, 6) is 0.983. The van der Waals surface area contributed by atoms with Gasteiger partial charge in [0, 0.05) is 25.1 Å². The van der Waals surface area contributed by atoms with Gasteiger partial charge < -0.3 is 11.1 Å². The highest BCUT2D eigenvalue weighted by atomic mass is 35.5. The lowest BCUT2D eigenvalue weighted by atomic mass is 10.2. The van der Waals surface area contributed by atoms with Crippen molar-refractivity contribution in [1.29, 1.82) is 0 Å². The third-order valence-electron chi connectivity index (χ3n) is 2.31. The van der Waals surface area contributed by atoms with Crippen molar-refractivity contribution >= 4 is 24.1 Å². The number of rotatable bonds is 5. The van der Waals surface area contributed by atoms with Crippen molar-refractivity contribution in [2.24, 2.45) is 17.6 Å². The van der Waals surface area contributed by atoms with Crippen molar-refractivity contribution in [3.8, 4) is 0 Å². The van der Waals surface area contributed by atoms with Crippen molar-refractivity contribution in [2.45, 2.75) is 27.3 Å². The largest absolute Gasteiger partial charge is 0.330 e. The number of hydrogen-bond acceptors (Lipinski definition) is 3. The highest BCUT2D eigenvalue weighted by molar-refractivity contribution is 5.91. The van der Waals surface area contributed by atoms with Crippen LogP contribution < -0.4 is 11.1 Å². The molecule has 0 radical (unpaired) electrons. The number of hydrogen-bond donors (Lipinski definition) is 2. The van der Waals surface area contributed by atoms with Gasteiger partial charge >= 0.3 is 0 Å². The summed E-state index contributed by atoms with van der Waals surface area (Å²) in [5.41, 5.74) is 5.44. The molecule has 0 aliphatic rings. The number of nitrogens with one attached hydrogen (secondary N) is 1. The van der Waals surface area contributed by atoms with Gasteiger partial charge in [0.05, 0.1) is 6.20 Å². The van der Waals surface area contributed by atoms with E-state index in [9.17, 15) is 4.79 Å². The van der Waals surface area contributed by atoms with E-state index in [0.29, 0.717) is 12.5 Å². The maximum atomic E-state index is 11.6. The van der Waals surface area contributed by atoms with Gasteiger partial charge in [-0.15, -0.1) is 12.4 Å². The van der Waals surface area contributed by atoms with E-state index in [1.807, 2.05) is 0 Å². The van der Waals surface area contributed by atoms with Crippen LogP contribution in [0.4, 0.5) is 5.82 Å². The summed E-state index contributed by atoms with van der Waals surface area (Å²) in [7, 11) is 0. The standard InChI is InChI=1S/C11H20N4O.ClH/c1-8(2)7-15-10(4-5-13-15)14-11(16)9(3)6-12;/h4-5,8-9H,6-7,12H2,1-3H3,(H,14,16);1H. The Kier molecular flexibility index (Phi) is 6.83. The Morgan fingerprint density at radius 1 is 1.53 bits per heavy atom. The second-order valence-electron chi connectivity index (χ2n) is 4.42. The first-order chi connectivity index (χ1) is 7.54. The molecule has 17 heavy (non-hydrogen) atoms. The van der Waals surface area contributed by atoms with Crippen LogP contribution in [0, 0.1) is 11.8 Å². The Morgan fingerprint density at radius 2 is 2.18 bits per heavy atom. The molecule has 1 heterocycles. The summed E-state index contributed by atoms with van der Waals surface area (Å²) < 4.78 is 1.80. The van der Waals surface area contributed by atoms with Crippen molar-refractivity contribution in [3.63, 3.8) is 0 Å². The van der Waals surface area contributed by atoms with Crippen LogP contribution >= 0.6 is 12.4 Å². The fourth-order valence-corrected chi connectivity index (χ4v) is 1.29. The average molecular weight is 261 g/mol. The number of carbonyl (C=O) groups is 1. The quantitative estimate of drug-likeness (QED) is 0.843. The molecule has 5 nitrogen and oxygen atoms in total. The predicted octanol–water partition coefficient (Wildman–Crippen LogP) is 1.49. The zero-order valence-corrected chi connectivity index (χ0v) is 11.3. The van der Waals surface area contributed by atoms with E-state index >= 15 is 0 Å². The molecule has 3 N–H and O–H groups in total. The molecule has 0 aliphatic carbocycles. The van der Waals surface area contributed by atoms with E-state index in [1.54, 1.807) is 23.9 Å². The van der Waals surface area contributed by atoms with Crippen molar-refractivity contribution in [2.75, 3.05) is 11.9 Å². The maximum absolute atomic E-state index is 11.6. The second-order valence-corrected chi connectivity index (χ2v) is 4.42. The number of carbonyl (C=O) groups excluding carboxylic acids is 1. The highest BCUT2D eigenvalue weighted by Crippen LogP contribution is 2.10.